The Morgan fingerprint density at radius 1 is 1.00 bits per heavy atom. The molecule has 0 saturated carbocycles. The SMILES string of the molecule is COC(=O)N[C@H](C(=O)N[C@H](c1ccc(-c2ccccn2)cc1)N(N)C[C@@H](O)CCc1ccccc1)C(C)(C)C.Cl. The van der Waals surface area contributed by atoms with Crippen LogP contribution in [0.15, 0.2) is 79.0 Å². The van der Waals surface area contributed by atoms with Crippen molar-refractivity contribution >= 4 is 24.4 Å². The van der Waals surface area contributed by atoms with Gasteiger partial charge in [-0.3, -0.25) is 15.6 Å². The van der Waals surface area contributed by atoms with Gasteiger partial charge < -0.3 is 20.5 Å². The lowest BCUT2D eigenvalue weighted by Gasteiger charge is -2.35. The van der Waals surface area contributed by atoms with Gasteiger partial charge in [-0.25, -0.2) is 9.80 Å². The number of nitrogens with one attached hydrogen (secondary N) is 2. The first-order valence-electron chi connectivity index (χ1n) is 13.0. The average molecular weight is 570 g/mol. The molecule has 0 bridgehead atoms. The standard InChI is InChI=1S/C30H39N5O4.ClH/c1-30(2,3)26(33-29(38)39-4)28(37)34-27(23-16-14-22(15-17-23)25-12-8-9-19-32-25)35(31)20-24(36)18-13-21-10-6-5-7-11-21;/h5-12,14-17,19,24,26-27,36H,13,18,20,31H2,1-4H3,(H,33,38)(H,34,37);1H/t24-,26+,27-;/m0./s1. The van der Waals surface area contributed by atoms with Crippen molar-refractivity contribution in [2.75, 3.05) is 13.7 Å². The van der Waals surface area contributed by atoms with Crippen LogP contribution in [0, 0.1) is 5.41 Å². The molecule has 1 aromatic heterocycles. The number of aliphatic hydroxyl groups excluding tert-OH is 1. The number of methoxy groups -OCH3 is 1. The van der Waals surface area contributed by atoms with Crippen LogP contribution in [0.3, 0.4) is 0 Å². The zero-order valence-corrected chi connectivity index (χ0v) is 24.2. The number of aromatic nitrogens is 1. The highest BCUT2D eigenvalue weighted by Crippen LogP contribution is 2.24. The molecular formula is C30H40ClN5O4. The fourth-order valence-corrected chi connectivity index (χ4v) is 4.22. The highest BCUT2D eigenvalue weighted by atomic mass is 35.5. The minimum absolute atomic E-state index is 0. The number of ether oxygens (including phenoxy) is 1. The minimum Gasteiger partial charge on any atom is -0.453 e. The van der Waals surface area contributed by atoms with Gasteiger partial charge in [-0.15, -0.1) is 12.4 Å². The molecule has 40 heavy (non-hydrogen) atoms. The van der Waals surface area contributed by atoms with Gasteiger partial charge in [0.15, 0.2) is 0 Å². The number of nitrogens with two attached hydrogens (primary N) is 1. The Kier molecular flexibility index (Phi) is 12.5. The largest absolute Gasteiger partial charge is 0.453 e. The van der Waals surface area contributed by atoms with Gasteiger partial charge >= 0.3 is 6.09 Å². The molecule has 0 spiro atoms. The third-order valence-electron chi connectivity index (χ3n) is 6.40. The summed E-state index contributed by atoms with van der Waals surface area (Å²) in [4.78, 5) is 29.8. The number of carbonyl (C=O) groups excluding carboxylic acids is 2. The van der Waals surface area contributed by atoms with Crippen molar-refractivity contribution in [1.29, 1.82) is 0 Å². The van der Waals surface area contributed by atoms with E-state index in [1.807, 2.05) is 93.6 Å². The fraction of sp³-hybridized carbons (Fsp3) is 0.367. The molecule has 0 aliphatic carbocycles. The van der Waals surface area contributed by atoms with E-state index >= 15 is 0 Å². The third kappa shape index (κ3) is 9.60. The third-order valence-corrected chi connectivity index (χ3v) is 6.40. The Hall–Kier alpha value is -3.50. The maximum Gasteiger partial charge on any atom is 0.407 e. The Morgan fingerprint density at radius 3 is 2.23 bits per heavy atom. The summed E-state index contributed by atoms with van der Waals surface area (Å²) in [5.41, 5.74) is 2.96. The molecule has 10 heteroatoms. The van der Waals surface area contributed by atoms with Crippen LogP contribution < -0.4 is 16.5 Å². The molecule has 0 radical (unpaired) electrons. The number of hydrogen-bond acceptors (Lipinski definition) is 7. The molecule has 0 unspecified atom stereocenters. The summed E-state index contributed by atoms with van der Waals surface area (Å²) in [5, 5.41) is 17.8. The highest BCUT2D eigenvalue weighted by molar-refractivity contribution is 5.86. The van der Waals surface area contributed by atoms with Crippen LogP contribution in [-0.4, -0.2) is 52.9 Å². The molecule has 2 amide bonds. The van der Waals surface area contributed by atoms with Gasteiger partial charge in [-0.05, 0) is 41.5 Å². The predicted molar refractivity (Wildman–Crippen MR) is 158 cm³/mol. The topological polar surface area (TPSA) is 130 Å². The molecule has 1 heterocycles. The maximum atomic E-state index is 13.5. The van der Waals surface area contributed by atoms with Gasteiger partial charge in [-0.1, -0.05) is 81.4 Å². The summed E-state index contributed by atoms with van der Waals surface area (Å²) in [6.07, 6.45) is 0.722. The number of pyridine rings is 1. The van der Waals surface area contributed by atoms with E-state index in [1.165, 1.54) is 12.1 Å². The molecule has 0 saturated heterocycles. The fourth-order valence-electron chi connectivity index (χ4n) is 4.22. The monoisotopic (exact) mass is 569 g/mol. The van der Waals surface area contributed by atoms with Crippen molar-refractivity contribution in [1.82, 2.24) is 20.6 Å². The van der Waals surface area contributed by atoms with Crippen LogP contribution in [0.4, 0.5) is 4.79 Å². The molecule has 5 N–H and O–H groups in total. The first-order valence-corrected chi connectivity index (χ1v) is 13.0. The molecule has 0 aliphatic rings. The number of aryl methyl sites for hydroxylation is 1. The number of amides is 2. The van der Waals surface area contributed by atoms with Crippen LogP contribution >= 0.6 is 12.4 Å². The number of hydrazine groups is 1. The van der Waals surface area contributed by atoms with E-state index in [0.717, 1.165) is 16.8 Å². The van der Waals surface area contributed by atoms with Gasteiger partial charge in [0.2, 0.25) is 5.91 Å². The maximum absolute atomic E-state index is 13.5. The van der Waals surface area contributed by atoms with E-state index in [2.05, 4.69) is 15.6 Å². The summed E-state index contributed by atoms with van der Waals surface area (Å²) in [6.45, 7) is 5.65. The molecule has 216 valence electrons. The van der Waals surface area contributed by atoms with E-state index in [-0.39, 0.29) is 19.0 Å². The number of nitrogens with zero attached hydrogens (tertiary/aromatic N) is 2. The van der Waals surface area contributed by atoms with Gasteiger partial charge in [-0.2, -0.15) is 0 Å². The smallest absolute Gasteiger partial charge is 0.407 e. The summed E-state index contributed by atoms with van der Waals surface area (Å²) in [6, 6.07) is 22.2. The Morgan fingerprint density at radius 2 is 1.65 bits per heavy atom. The number of carbonyl (C=O) groups is 2. The molecule has 2 aromatic carbocycles. The van der Waals surface area contributed by atoms with Crippen molar-refractivity contribution in [3.63, 3.8) is 0 Å². The summed E-state index contributed by atoms with van der Waals surface area (Å²) < 4.78 is 4.73. The highest BCUT2D eigenvalue weighted by Gasteiger charge is 2.35. The lowest BCUT2D eigenvalue weighted by molar-refractivity contribution is -0.128. The molecule has 0 aliphatic heterocycles. The van der Waals surface area contributed by atoms with Crippen LogP contribution in [0.1, 0.15) is 44.5 Å². The van der Waals surface area contributed by atoms with E-state index in [1.54, 1.807) is 6.20 Å². The first-order chi connectivity index (χ1) is 18.6. The second-order valence-electron chi connectivity index (χ2n) is 10.6. The molecular weight excluding hydrogens is 530 g/mol. The first kappa shape index (κ1) is 32.7. The lowest BCUT2D eigenvalue weighted by Crippen LogP contribution is -2.57. The van der Waals surface area contributed by atoms with Gasteiger partial charge in [0.05, 0.1) is 18.9 Å². The lowest BCUT2D eigenvalue weighted by atomic mass is 9.86. The molecule has 3 aromatic rings. The van der Waals surface area contributed by atoms with E-state index in [0.29, 0.717) is 18.4 Å². The number of halogens is 1. The number of hydrogen-bond donors (Lipinski definition) is 4. The van der Waals surface area contributed by atoms with Gasteiger partial charge in [0, 0.05) is 18.3 Å². The van der Waals surface area contributed by atoms with E-state index in [9.17, 15) is 14.7 Å². The quantitative estimate of drug-likeness (QED) is 0.154. The summed E-state index contributed by atoms with van der Waals surface area (Å²) in [5.74, 6) is 6.06. The number of benzene rings is 2. The molecule has 3 atom stereocenters. The zero-order valence-electron chi connectivity index (χ0n) is 23.4. The van der Waals surface area contributed by atoms with Crippen LogP contribution in [0.25, 0.3) is 11.3 Å². The normalized spacial score (nSPS) is 13.5. The molecule has 9 nitrogen and oxygen atoms in total. The van der Waals surface area contributed by atoms with Crippen molar-refractivity contribution in [3.8, 4) is 11.3 Å². The minimum atomic E-state index is -0.892. The van der Waals surface area contributed by atoms with Crippen LogP contribution in [0.5, 0.6) is 0 Å². The second-order valence-corrected chi connectivity index (χ2v) is 10.6. The Balaban J connectivity index is 0.00000560. The second kappa shape index (κ2) is 15.3. The zero-order chi connectivity index (χ0) is 28.4. The van der Waals surface area contributed by atoms with Gasteiger partial charge in [0.1, 0.15) is 12.2 Å². The summed E-state index contributed by atoms with van der Waals surface area (Å²) >= 11 is 0. The van der Waals surface area contributed by atoms with Crippen molar-refractivity contribution in [2.45, 2.75) is 51.9 Å². The Labute approximate surface area is 242 Å². The molecule has 3 rings (SSSR count). The van der Waals surface area contributed by atoms with E-state index in [4.69, 9.17) is 10.6 Å². The van der Waals surface area contributed by atoms with Crippen molar-refractivity contribution < 1.29 is 19.4 Å². The average Bonchev–Trinajstić information content (AvgIpc) is 2.93. The predicted octanol–water partition coefficient (Wildman–Crippen LogP) is 4.23. The number of rotatable bonds is 11. The van der Waals surface area contributed by atoms with Crippen LogP contribution in [-0.2, 0) is 16.0 Å². The summed E-state index contributed by atoms with van der Waals surface area (Å²) in [7, 11) is 1.25. The molecule has 0 fully saturated rings. The van der Waals surface area contributed by atoms with Crippen molar-refractivity contribution in [3.05, 3.63) is 90.1 Å². The van der Waals surface area contributed by atoms with Crippen molar-refractivity contribution in [2.24, 2.45) is 11.3 Å². The number of aliphatic hydroxyl groups is 1. The van der Waals surface area contributed by atoms with Gasteiger partial charge in [0.25, 0.3) is 0 Å². The number of alkyl carbamates (subject to hydrolysis) is 1. The Bertz CT molecular complexity index is 1190. The van der Waals surface area contributed by atoms with Crippen LogP contribution in [0.2, 0.25) is 0 Å². The van der Waals surface area contributed by atoms with E-state index < -0.39 is 35.7 Å².